The molecule has 0 fully saturated rings. The van der Waals surface area contributed by atoms with Crippen LogP contribution in [0.1, 0.15) is 39.2 Å². The molecule has 0 heterocycles. The Kier molecular flexibility index (Phi) is 11.8. The first-order valence-corrected chi connectivity index (χ1v) is 15.6. The quantitative estimate of drug-likeness (QED) is 0.267. The van der Waals surface area contributed by atoms with E-state index < -0.39 is 28.5 Å². The lowest BCUT2D eigenvalue weighted by atomic mass is 10.1. The van der Waals surface area contributed by atoms with Gasteiger partial charge in [0.05, 0.1) is 31.9 Å². The second-order valence-electron chi connectivity index (χ2n) is 9.98. The number of sulfonamides is 1. The van der Waals surface area contributed by atoms with Crippen molar-refractivity contribution in [2.75, 3.05) is 32.2 Å². The summed E-state index contributed by atoms with van der Waals surface area (Å²) in [7, 11) is 0.252. The molecule has 43 heavy (non-hydrogen) atoms. The molecule has 1 N–H and O–H groups in total. The summed E-state index contributed by atoms with van der Waals surface area (Å²) in [5, 5.41) is 2.97. The zero-order valence-corrected chi connectivity index (χ0v) is 26.4. The van der Waals surface area contributed by atoms with Crippen molar-refractivity contribution in [2.24, 2.45) is 0 Å². The summed E-state index contributed by atoms with van der Waals surface area (Å²) < 4.78 is 45.2. The topological polar surface area (TPSA) is 114 Å². The standard InChI is InChI=1S/C32H41N3O7S/c1-7-23(3)33-32(37)28(8-2)34(21-24-13-12-14-26(19-24)40-4)31(36)22-35(43(38,39)27-15-10-9-11-16-27)25-17-18-29(41-5)30(20-25)42-6/h9-20,23,28H,7-8,21-22H2,1-6H3,(H,33,37)/t23-,28+/m0/s1. The van der Waals surface area contributed by atoms with Gasteiger partial charge in [-0.25, -0.2) is 8.42 Å². The maximum absolute atomic E-state index is 14.3. The maximum Gasteiger partial charge on any atom is 0.264 e. The number of ether oxygens (including phenoxy) is 3. The molecule has 0 aromatic heterocycles. The van der Waals surface area contributed by atoms with E-state index in [0.29, 0.717) is 30.1 Å². The van der Waals surface area contributed by atoms with Crippen LogP contribution in [0, 0.1) is 0 Å². The van der Waals surface area contributed by atoms with E-state index in [4.69, 9.17) is 14.2 Å². The zero-order valence-electron chi connectivity index (χ0n) is 25.6. The van der Waals surface area contributed by atoms with Gasteiger partial charge in [-0.3, -0.25) is 13.9 Å². The van der Waals surface area contributed by atoms with Gasteiger partial charge in [0.2, 0.25) is 11.8 Å². The number of nitrogens with one attached hydrogen (secondary N) is 1. The van der Waals surface area contributed by atoms with Crippen LogP contribution in [0.15, 0.2) is 77.7 Å². The Bertz CT molecular complexity index is 1480. The van der Waals surface area contributed by atoms with E-state index in [1.165, 1.54) is 37.3 Å². The van der Waals surface area contributed by atoms with Crippen molar-refractivity contribution in [2.45, 2.75) is 57.1 Å². The predicted molar refractivity (Wildman–Crippen MR) is 166 cm³/mol. The number of anilines is 1. The molecule has 0 saturated heterocycles. The summed E-state index contributed by atoms with van der Waals surface area (Å²) in [6, 6.07) is 18.8. The first-order valence-electron chi connectivity index (χ1n) is 14.1. The maximum atomic E-state index is 14.3. The number of carbonyl (C=O) groups excluding carboxylic acids is 2. The Labute approximate surface area is 254 Å². The number of nitrogens with zero attached hydrogens (tertiary/aromatic N) is 2. The summed E-state index contributed by atoms with van der Waals surface area (Å²) >= 11 is 0. The molecule has 3 rings (SSSR count). The van der Waals surface area contributed by atoms with E-state index in [9.17, 15) is 18.0 Å². The molecule has 0 bridgehead atoms. The molecule has 0 aliphatic heterocycles. The van der Waals surface area contributed by atoms with E-state index in [1.807, 2.05) is 26.8 Å². The van der Waals surface area contributed by atoms with Gasteiger partial charge in [-0.2, -0.15) is 0 Å². The van der Waals surface area contributed by atoms with Crippen LogP contribution in [-0.2, 0) is 26.2 Å². The summed E-state index contributed by atoms with van der Waals surface area (Å²) in [5.74, 6) is 0.441. The lowest BCUT2D eigenvalue weighted by molar-refractivity contribution is -0.140. The minimum Gasteiger partial charge on any atom is -0.497 e. The lowest BCUT2D eigenvalue weighted by Gasteiger charge is -2.34. The third-order valence-electron chi connectivity index (χ3n) is 7.14. The van der Waals surface area contributed by atoms with Crippen molar-refractivity contribution >= 4 is 27.5 Å². The van der Waals surface area contributed by atoms with E-state index in [2.05, 4.69) is 5.32 Å². The van der Waals surface area contributed by atoms with Gasteiger partial charge >= 0.3 is 0 Å². The number of hydrogen-bond donors (Lipinski definition) is 1. The molecule has 232 valence electrons. The molecule has 3 aromatic rings. The van der Waals surface area contributed by atoms with E-state index in [0.717, 1.165) is 9.87 Å². The second kappa shape index (κ2) is 15.3. The molecule has 0 aliphatic rings. The molecule has 10 nitrogen and oxygen atoms in total. The van der Waals surface area contributed by atoms with Gasteiger partial charge < -0.3 is 24.4 Å². The summed E-state index contributed by atoms with van der Waals surface area (Å²) in [6.45, 7) is 5.17. The zero-order chi connectivity index (χ0) is 31.6. The van der Waals surface area contributed by atoms with Gasteiger partial charge in [0, 0.05) is 18.7 Å². The first kappa shape index (κ1) is 33.3. The van der Waals surface area contributed by atoms with E-state index in [-0.39, 0.29) is 29.1 Å². The largest absolute Gasteiger partial charge is 0.497 e. The normalized spacial score (nSPS) is 12.5. The third kappa shape index (κ3) is 8.19. The van der Waals surface area contributed by atoms with Crippen LogP contribution >= 0.6 is 0 Å². The average molecular weight is 612 g/mol. The summed E-state index contributed by atoms with van der Waals surface area (Å²) in [5.41, 5.74) is 0.930. The summed E-state index contributed by atoms with van der Waals surface area (Å²) in [4.78, 5) is 29.1. The van der Waals surface area contributed by atoms with Crippen LogP contribution in [0.4, 0.5) is 5.69 Å². The highest BCUT2D eigenvalue weighted by atomic mass is 32.2. The highest BCUT2D eigenvalue weighted by Crippen LogP contribution is 2.34. The molecule has 11 heteroatoms. The van der Waals surface area contributed by atoms with Gasteiger partial charge in [0.15, 0.2) is 11.5 Å². The molecule has 3 aromatic carbocycles. The first-order chi connectivity index (χ1) is 20.6. The highest BCUT2D eigenvalue weighted by molar-refractivity contribution is 7.92. The minimum atomic E-state index is -4.22. The van der Waals surface area contributed by atoms with Crippen molar-refractivity contribution in [1.82, 2.24) is 10.2 Å². The Morgan fingerprint density at radius 3 is 2.14 bits per heavy atom. The fourth-order valence-corrected chi connectivity index (χ4v) is 5.98. The van der Waals surface area contributed by atoms with Crippen LogP contribution in [0.25, 0.3) is 0 Å². The smallest absolute Gasteiger partial charge is 0.264 e. The molecule has 0 unspecified atom stereocenters. The number of rotatable bonds is 15. The van der Waals surface area contributed by atoms with Crippen LogP contribution < -0.4 is 23.8 Å². The van der Waals surface area contributed by atoms with Gasteiger partial charge in [0.25, 0.3) is 10.0 Å². The molecule has 0 radical (unpaired) electrons. The highest BCUT2D eigenvalue weighted by Gasteiger charge is 2.34. The fraction of sp³-hybridized carbons (Fsp3) is 0.375. The van der Waals surface area contributed by atoms with Crippen LogP contribution in [0.5, 0.6) is 17.2 Å². The second-order valence-corrected chi connectivity index (χ2v) is 11.8. The molecule has 2 amide bonds. The monoisotopic (exact) mass is 611 g/mol. The Balaban J connectivity index is 2.11. The minimum absolute atomic E-state index is 0.0125. The van der Waals surface area contributed by atoms with Gasteiger partial charge in [-0.05, 0) is 61.7 Å². The molecule has 0 aliphatic carbocycles. The van der Waals surface area contributed by atoms with Crippen molar-refractivity contribution in [1.29, 1.82) is 0 Å². The molecule has 0 saturated carbocycles. The van der Waals surface area contributed by atoms with Crippen LogP contribution in [0.2, 0.25) is 0 Å². The Morgan fingerprint density at radius 1 is 0.837 bits per heavy atom. The number of amides is 2. The number of benzene rings is 3. The van der Waals surface area contributed by atoms with E-state index in [1.54, 1.807) is 55.6 Å². The molecule has 0 spiro atoms. The van der Waals surface area contributed by atoms with Crippen LogP contribution in [0.3, 0.4) is 0 Å². The molecule has 2 atom stereocenters. The van der Waals surface area contributed by atoms with Crippen molar-refractivity contribution in [3.63, 3.8) is 0 Å². The molecular formula is C32H41N3O7S. The van der Waals surface area contributed by atoms with Crippen molar-refractivity contribution in [3.05, 3.63) is 78.4 Å². The number of hydrogen-bond acceptors (Lipinski definition) is 7. The predicted octanol–water partition coefficient (Wildman–Crippen LogP) is 4.63. The SMILES string of the molecule is CC[C@H](C(=O)N[C@@H](C)CC)N(Cc1cccc(OC)c1)C(=O)CN(c1ccc(OC)c(OC)c1)S(=O)(=O)c1ccccc1. The summed E-state index contributed by atoms with van der Waals surface area (Å²) in [6.07, 6.45) is 1.04. The van der Waals surface area contributed by atoms with Crippen LogP contribution in [-0.4, -0.2) is 65.1 Å². The van der Waals surface area contributed by atoms with Gasteiger partial charge in [-0.1, -0.05) is 44.2 Å². The number of carbonyl (C=O) groups is 2. The van der Waals surface area contributed by atoms with Crippen molar-refractivity contribution < 1.29 is 32.2 Å². The lowest BCUT2D eigenvalue weighted by Crippen LogP contribution is -2.53. The number of methoxy groups -OCH3 is 3. The average Bonchev–Trinajstić information content (AvgIpc) is 3.03. The Hall–Kier alpha value is -4.25. The van der Waals surface area contributed by atoms with E-state index >= 15 is 0 Å². The Morgan fingerprint density at radius 2 is 1.53 bits per heavy atom. The van der Waals surface area contributed by atoms with Crippen molar-refractivity contribution in [3.8, 4) is 17.2 Å². The van der Waals surface area contributed by atoms with Gasteiger partial charge in [0.1, 0.15) is 18.3 Å². The third-order valence-corrected chi connectivity index (χ3v) is 8.93. The molecular weight excluding hydrogens is 570 g/mol. The van der Waals surface area contributed by atoms with Gasteiger partial charge in [-0.15, -0.1) is 0 Å². The fourth-order valence-electron chi connectivity index (χ4n) is 4.56.